The molecule has 0 amide bonds. The van der Waals surface area contributed by atoms with Gasteiger partial charge in [0.15, 0.2) is 16.8 Å². The van der Waals surface area contributed by atoms with Crippen molar-refractivity contribution in [2.45, 2.75) is 50.1 Å². The molecule has 6 heteroatoms. The maximum atomic E-state index is 12.9. The minimum absolute atomic E-state index is 0.0619. The van der Waals surface area contributed by atoms with Crippen molar-refractivity contribution < 1.29 is 4.79 Å². The van der Waals surface area contributed by atoms with Crippen molar-refractivity contribution in [3.8, 4) is 11.4 Å². The molecule has 0 radical (unpaired) electrons. The molecule has 1 atom stereocenters. The lowest BCUT2D eigenvalue weighted by Gasteiger charge is -2.19. The molecule has 0 aliphatic carbocycles. The van der Waals surface area contributed by atoms with Crippen LogP contribution in [0.15, 0.2) is 66.6 Å². The lowest BCUT2D eigenvalue weighted by atomic mass is 9.86. The summed E-state index contributed by atoms with van der Waals surface area (Å²) in [5.74, 6) is 0.818. The number of Topliss-reactive ketones (excluding diaryl/α,β-unsaturated/α-hetero) is 1. The van der Waals surface area contributed by atoms with Gasteiger partial charge in [-0.1, -0.05) is 62.9 Å². The van der Waals surface area contributed by atoms with Gasteiger partial charge in [0.2, 0.25) is 0 Å². The molecule has 2 aromatic heterocycles. The SMILES string of the molecule is C=CCn1c(S[C@@H](C)C(=O)c2ccc(C(C)(C)C)cc2)nnc1-c1ccncc1. The van der Waals surface area contributed by atoms with Crippen molar-refractivity contribution in [1.82, 2.24) is 19.7 Å². The van der Waals surface area contributed by atoms with Gasteiger partial charge in [-0.25, -0.2) is 0 Å². The molecule has 0 bridgehead atoms. The summed E-state index contributed by atoms with van der Waals surface area (Å²) >= 11 is 1.41. The van der Waals surface area contributed by atoms with Gasteiger partial charge in [-0.05, 0) is 30.0 Å². The van der Waals surface area contributed by atoms with E-state index in [0.717, 1.165) is 11.4 Å². The first-order valence-electron chi connectivity index (χ1n) is 9.57. The highest BCUT2D eigenvalue weighted by Crippen LogP contribution is 2.29. The molecule has 0 aliphatic heterocycles. The summed E-state index contributed by atoms with van der Waals surface area (Å²) in [7, 11) is 0. The first kappa shape index (κ1) is 21.0. The number of hydrogen-bond donors (Lipinski definition) is 0. The Labute approximate surface area is 176 Å². The van der Waals surface area contributed by atoms with Crippen molar-refractivity contribution in [3.63, 3.8) is 0 Å². The molecule has 0 aliphatic rings. The highest BCUT2D eigenvalue weighted by molar-refractivity contribution is 8.00. The summed E-state index contributed by atoms with van der Waals surface area (Å²) in [5.41, 5.74) is 2.91. The number of carbonyl (C=O) groups excluding carboxylic acids is 1. The lowest BCUT2D eigenvalue weighted by Crippen LogP contribution is -2.16. The summed E-state index contributed by atoms with van der Waals surface area (Å²) in [5, 5.41) is 9.08. The number of ketones is 1. The predicted molar refractivity (Wildman–Crippen MR) is 118 cm³/mol. The van der Waals surface area contributed by atoms with Gasteiger partial charge in [-0.3, -0.25) is 14.3 Å². The molecule has 5 nitrogen and oxygen atoms in total. The topological polar surface area (TPSA) is 60.7 Å². The number of rotatable bonds is 7. The minimum atomic E-state index is -0.284. The Morgan fingerprint density at radius 3 is 2.38 bits per heavy atom. The fourth-order valence-electron chi connectivity index (χ4n) is 2.96. The molecule has 29 heavy (non-hydrogen) atoms. The summed E-state index contributed by atoms with van der Waals surface area (Å²) in [6.07, 6.45) is 5.25. The highest BCUT2D eigenvalue weighted by Gasteiger charge is 2.22. The average Bonchev–Trinajstić information content (AvgIpc) is 3.10. The molecule has 0 saturated heterocycles. The van der Waals surface area contributed by atoms with Crippen molar-refractivity contribution in [2.24, 2.45) is 0 Å². The summed E-state index contributed by atoms with van der Waals surface area (Å²) < 4.78 is 1.97. The van der Waals surface area contributed by atoms with Gasteiger partial charge in [0.25, 0.3) is 0 Å². The molecule has 3 rings (SSSR count). The number of allylic oxidation sites excluding steroid dienone is 1. The quantitative estimate of drug-likeness (QED) is 0.307. The van der Waals surface area contributed by atoms with Crippen LogP contribution in [0.2, 0.25) is 0 Å². The molecule has 0 unspecified atom stereocenters. The van der Waals surface area contributed by atoms with Crippen LogP contribution in [0.5, 0.6) is 0 Å². The zero-order valence-electron chi connectivity index (χ0n) is 17.3. The smallest absolute Gasteiger partial charge is 0.192 e. The standard InChI is InChI=1S/C23H26N4OS/c1-6-15-27-21(18-11-13-24-14-12-18)25-26-22(27)29-16(2)20(28)17-7-9-19(10-8-17)23(3,4)5/h6-14,16H,1,15H2,2-5H3/t16-/m0/s1. The number of benzene rings is 1. The second kappa shape index (κ2) is 8.74. The van der Waals surface area contributed by atoms with Crippen LogP contribution >= 0.6 is 11.8 Å². The minimum Gasteiger partial charge on any atom is -0.298 e. The second-order valence-electron chi connectivity index (χ2n) is 7.89. The van der Waals surface area contributed by atoms with E-state index in [4.69, 9.17) is 0 Å². The molecule has 0 N–H and O–H groups in total. The fraction of sp³-hybridized carbons (Fsp3) is 0.304. The zero-order valence-corrected chi connectivity index (χ0v) is 18.1. The summed E-state index contributed by atoms with van der Waals surface area (Å²) in [6.45, 7) is 12.8. The average molecular weight is 407 g/mol. The van der Waals surface area contributed by atoms with Crippen LogP contribution in [0.25, 0.3) is 11.4 Å². The van der Waals surface area contributed by atoms with E-state index in [0.29, 0.717) is 17.3 Å². The molecular weight excluding hydrogens is 380 g/mol. The second-order valence-corrected chi connectivity index (χ2v) is 9.20. The van der Waals surface area contributed by atoms with Gasteiger partial charge in [0.1, 0.15) is 0 Å². The van der Waals surface area contributed by atoms with E-state index in [-0.39, 0.29) is 16.4 Å². The van der Waals surface area contributed by atoms with Gasteiger partial charge in [0, 0.05) is 30.1 Å². The molecular formula is C23H26N4OS. The number of carbonyl (C=O) groups is 1. The molecule has 1 aromatic carbocycles. The normalized spacial score (nSPS) is 12.6. The van der Waals surface area contributed by atoms with E-state index in [2.05, 4.69) is 42.5 Å². The van der Waals surface area contributed by atoms with Crippen molar-refractivity contribution in [2.75, 3.05) is 0 Å². The van der Waals surface area contributed by atoms with E-state index >= 15 is 0 Å². The zero-order chi connectivity index (χ0) is 21.0. The Bertz CT molecular complexity index is 988. The van der Waals surface area contributed by atoms with Crippen molar-refractivity contribution in [3.05, 3.63) is 72.6 Å². The maximum absolute atomic E-state index is 12.9. The molecule has 0 fully saturated rings. The van der Waals surface area contributed by atoms with Crippen LogP contribution in [0.4, 0.5) is 0 Å². The van der Waals surface area contributed by atoms with Crippen molar-refractivity contribution >= 4 is 17.5 Å². The van der Waals surface area contributed by atoms with Crippen LogP contribution in [0, 0.1) is 0 Å². The van der Waals surface area contributed by atoms with Gasteiger partial charge in [0.05, 0.1) is 5.25 Å². The number of aromatic nitrogens is 4. The van der Waals surface area contributed by atoms with Crippen molar-refractivity contribution in [1.29, 1.82) is 0 Å². The van der Waals surface area contributed by atoms with E-state index < -0.39 is 0 Å². The number of hydrogen-bond acceptors (Lipinski definition) is 5. The van der Waals surface area contributed by atoms with Crippen LogP contribution in [0.1, 0.15) is 43.6 Å². The molecule has 0 spiro atoms. The maximum Gasteiger partial charge on any atom is 0.192 e. The summed E-state index contributed by atoms with van der Waals surface area (Å²) in [4.78, 5) is 17.0. The molecule has 2 heterocycles. The van der Waals surface area contributed by atoms with Gasteiger partial charge in [-0.15, -0.1) is 16.8 Å². The third kappa shape index (κ3) is 4.82. The first-order valence-corrected chi connectivity index (χ1v) is 10.4. The largest absolute Gasteiger partial charge is 0.298 e. The van der Waals surface area contributed by atoms with Crippen LogP contribution in [0.3, 0.4) is 0 Å². The predicted octanol–water partition coefficient (Wildman–Crippen LogP) is 5.19. The monoisotopic (exact) mass is 406 g/mol. The Kier molecular flexibility index (Phi) is 6.33. The first-order chi connectivity index (χ1) is 13.8. The molecule has 3 aromatic rings. The van der Waals surface area contributed by atoms with Crippen LogP contribution in [-0.4, -0.2) is 30.8 Å². The Morgan fingerprint density at radius 1 is 1.14 bits per heavy atom. The molecule has 0 saturated carbocycles. The van der Waals surface area contributed by atoms with Gasteiger partial charge >= 0.3 is 0 Å². The third-order valence-electron chi connectivity index (χ3n) is 4.65. The third-order valence-corrected chi connectivity index (χ3v) is 5.73. The van der Waals surface area contributed by atoms with Crippen LogP contribution < -0.4 is 0 Å². The number of thioether (sulfide) groups is 1. The number of pyridine rings is 1. The van der Waals surface area contributed by atoms with Crippen LogP contribution in [-0.2, 0) is 12.0 Å². The van der Waals surface area contributed by atoms with E-state index in [9.17, 15) is 4.79 Å². The highest BCUT2D eigenvalue weighted by atomic mass is 32.2. The summed E-state index contributed by atoms with van der Waals surface area (Å²) in [6, 6.07) is 11.7. The Balaban J connectivity index is 1.81. The molecule has 150 valence electrons. The van der Waals surface area contributed by atoms with E-state index in [1.165, 1.54) is 17.3 Å². The van der Waals surface area contributed by atoms with Gasteiger partial charge in [-0.2, -0.15) is 0 Å². The Morgan fingerprint density at radius 2 is 1.79 bits per heavy atom. The van der Waals surface area contributed by atoms with Gasteiger partial charge < -0.3 is 0 Å². The van der Waals surface area contributed by atoms with E-state index in [1.807, 2.05) is 47.9 Å². The number of nitrogens with zero attached hydrogens (tertiary/aromatic N) is 4. The lowest BCUT2D eigenvalue weighted by molar-refractivity contribution is 0.0994. The fourth-order valence-corrected chi connectivity index (χ4v) is 3.90. The van der Waals surface area contributed by atoms with E-state index in [1.54, 1.807) is 18.5 Å². The Hall–Kier alpha value is -2.73.